The second-order valence-corrected chi connectivity index (χ2v) is 5.20. The van der Waals surface area contributed by atoms with E-state index in [1.807, 2.05) is 12.1 Å². The number of amides is 1. The molecule has 1 atom stereocenters. The number of hydrogen-bond donors (Lipinski definition) is 1. The summed E-state index contributed by atoms with van der Waals surface area (Å²) in [5.74, 6) is -0.0909. The number of aliphatic hydroxyl groups is 1. The van der Waals surface area contributed by atoms with Crippen LogP contribution in [0.2, 0.25) is 0 Å². The zero-order chi connectivity index (χ0) is 15.4. The lowest BCUT2D eigenvalue weighted by Gasteiger charge is -2.23. The highest BCUT2D eigenvalue weighted by Gasteiger charge is 2.24. The predicted molar refractivity (Wildman–Crippen MR) is 79.1 cm³/mol. The molecule has 0 bridgehead atoms. The summed E-state index contributed by atoms with van der Waals surface area (Å²) in [6, 6.07) is 3.80. The van der Waals surface area contributed by atoms with Crippen LogP contribution in [0.1, 0.15) is 0 Å². The first-order valence-electron chi connectivity index (χ1n) is 7.17. The highest BCUT2D eigenvalue weighted by molar-refractivity contribution is 5.76. The number of aliphatic hydroxyl groups excluding tert-OH is 1. The molecule has 2 aromatic heterocycles. The van der Waals surface area contributed by atoms with Gasteiger partial charge in [-0.3, -0.25) is 9.78 Å². The number of aromatic nitrogens is 4. The summed E-state index contributed by atoms with van der Waals surface area (Å²) in [6.45, 7) is 2.13. The van der Waals surface area contributed by atoms with E-state index < -0.39 is 6.10 Å². The van der Waals surface area contributed by atoms with Crippen LogP contribution < -0.4 is 4.90 Å². The van der Waals surface area contributed by atoms with E-state index in [2.05, 4.69) is 20.1 Å². The zero-order valence-corrected chi connectivity index (χ0v) is 12.1. The first kappa shape index (κ1) is 14.5. The number of carbonyl (C=O) groups excluding carboxylic acids is 1. The summed E-state index contributed by atoms with van der Waals surface area (Å²) in [5.41, 5.74) is 0.997. The van der Waals surface area contributed by atoms with Gasteiger partial charge in [0.05, 0.1) is 18.5 Å². The first-order valence-corrected chi connectivity index (χ1v) is 7.17. The molecular formula is C14H18N6O2. The van der Waals surface area contributed by atoms with Crippen LogP contribution in [0.15, 0.2) is 36.9 Å². The molecule has 1 fully saturated rings. The van der Waals surface area contributed by atoms with Crippen molar-refractivity contribution in [3.8, 4) is 0 Å². The molecule has 116 valence electrons. The summed E-state index contributed by atoms with van der Waals surface area (Å²) in [7, 11) is 0. The molecule has 8 nitrogen and oxygen atoms in total. The maximum Gasteiger partial charge on any atom is 0.246 e. The van der Waals surface area contributed by atoms with Crippen LogP contribution >= 0.6 is 0 Å². The van der Waals surface area contributed by atoms with Crippen molar-refractivity contribution >= 4 is 11.6 Å². The van der Waals surface area contributed by atoms with Gasteiger partial charge >= 0.3 is 0 Å². The summed E-state index contributed by atoms with van der Waals surface area (Å²) in [5, 5.41) is 18.0. The van der Waals surface area contributed by atoms with Crippen molar-refractivity contribution in [2.24, 2.45) is 0 Å². The molecule has 22 heavy (non-hydrogen) atoms. The van der Waals surface area contributed by atoms with Crippen LogP contribution in [-0.4, -0.2) is 68.2 Å². The third-order valence-corrected chi connectivity index (χ3v) is 3.63. The Labute approximate surface area is 128 Å². The van der Waals surface area contributed by atoms with Crippen LogP contribution in [-0.2, 0) is 11.3 Å². The Morgan fingerprint density at radius 3 is 2.59 bits per heavy atom. The number of rotatable bonds is 3. The van der Waals surface area contributed by atoms with Gasteiger partial charge in [0.15, 0.2) is 0 Å². The lowest BCUT2D eigenvalue weighted by Crippen LogP contribution is -2.39. The van der Waals surface area contributed by atoms with Gasteiger partial charge in [-0.2, -0.15) is 15.0 Å². The minimum absolute atomic E-state index is 0.0909. The molecule has 1 amide bonds. The fraction of sp³-hybridized carbons (Fsp3) is 0.429. The molecule has 1 aliphatic rings. The maximum atomic E-state index is 12.3. The van der Waals surface area contributed by atoms with E-state index in [4.69, 9.17) is 0 Å². The van der Waals surface area contributed by atoms with Crippen molar-refractivity contribution in [3.63, 3.8) is 0 Å². The molecule has 2 aromatic rings. The Balaban J connectivity index is 1.65. The number of nitrogens with zero attached hydrogens (tertiary/aromatic N) is 6. The molecule has 0 unspecified atom stereocenters. The van der Waals surface area contributed by atoms with Gasteiger partial charge in [0.25, 0.3) is 0 Å². The summed E-state index contributed by atoms with van der Waals surface area (Å²) in [6.07, 6.45) is 5.92. The minimum Gasteiger partial charge on any atom is -0.389 e. The van der Waals surface area contributed by atoms with E-state index in [9.17, 15) is 9.90 Å². The van der Waals surface area contributed by atoms with Crippen LogP contribution in [0.25, 0.3) is 0 Å². The minimum atomic E-state index is -0.592. The Kier molecular flexibility index (Phi) is 4.29. The summed E-state index contributed by atoms with van der Waals surface area (Å²) >= 11 is 0. The molecule has 3 rings (SSSR count). The number of pyridine rings is 1. The van der Waals surface area contributed by atoms with Crippen LogP contribution in [0, 0.1) is 0 Å². The zero-order valence-electron chi connectivity index (χ0n) is 12.1. The predicted octanol–water partition coefficient (Wildman–Crippen LogP) is -0.617. The van der Waals surface area contributed by atoms with E-state index >= 15 is 0 Å². The van der Waals surface area contributed by atoms with E-state index in [1.165, 1.54) is 17.2 Å². The second-order valence-electron chi connectivity index (χ2n) is 5.20. The number of anilines is 1. The molecule has 1 aliphatic heterocycles. The van der Waals surface area contributed by atoms with E-state index in [1.54, 1.807) is 17.3 Å². The average Bonchev–Trinajstić information content (AvgIpc) is 2.95. The maximum absolute atomic E-state index is 12.3. The fourth-order valence-corrected chi connectivity index (χ4v) is 2.55. The smallest absolute Gasteiger partial charge is 0.246 e. The van der Waals surface area contributed by atoms with Gasteiger partial charge in [-0.25, -0.2) is 0 Å². The van der Waals surface area contributed by atoms with Gasteiger partial charge in [-0.15, -0.1) is 0 Å². The third-order valence-electron chi connectivity index (χ3n) is 3.63. The molecule has 0 aromatic carbocycles. The number of β-amino-alcohol motifs (C(OH)–C–C–N with tert-alkyl or cyclic N) is 1. The Morgan fingerprint density at radius 2 is 1.86 bits per heavy atom. The van der Waals surface area contributed by atoms with Crippen molar-refractivity contribution in [1.82, 2.24) is 24.9 Å². The first-order chi connectivity index (χ1) is 10.7. The van der Waals surface area contributed by atoms with E-state index in [-0.39, 0.29) is 12.5 Å². The van der Waals surface area contributed by atoms with Crippen molar-refractivity contribution < 1.29 is 9.90 Å². The van der Waals surface area contributed by atoms with E-state index in [0.29, 0.717) is 26.2 Å². The molecular weight excluding hydrogens is 284 g/mol. The fourth-order valence-electron chi connectivity index (χ4n) is 2.55. The average molecular weight is 302 g/mol. The molecule has 0 spiro atoms. The molecule has 1 N–H and O–H groups in total. The van der Waals surface area contributed by atoms with Gasteiger partial charge in [0.2, 0.25) is 5.91 Å². The van der Waals surface area contributed by atoms with E-state index in [0.717, 1.165) is 5.69 Å². The van der Waals surface area contributed by atoms with Crippen LogP contribution in [0.5, 0.6) is 0 Å². The van der Waals surface area contributed by atoms with Crippen molar-refractivity contribution in [3.05, 3.63) is 36.9 Å². The van der Waals surface area contributed by atoms with Crippen LogP contribution in [0.3, 0.4) is 0 Å². The third kappa shape index (κ3) is 3.40. The van der Waals surface area contributed by atoms with Gasteiger partial charge < -0.3 is 14.9 Å². The van der Waals surface area contributed by atoms with Crippen molar-refractivity contribution in [1.29, 1.82) is 0 Å². The Morgan fingerprint density at radius 1 is 1.14 bits per heavy atom. The lowest BCUT2D eigenvalue weighted by atomic mass is 10.3. The number of hydrogen-bond acceptors (Lipinski definition) is 6. The molecule has 1 saturated heterocycles. The molecule has 0 saturated carbocycles. The van der Waals surface area contributed by atoms with Crippen LogP contribution in [0.4, 0.5) is 5.69 Å². The SMILES string of the molecule is O=C(Cn1nccn1)N1CCN(c2ccncc2)C[C@@H](O)C1. The van der Waals surface area contributed by atoms with Gasteiger partial charge in [-0.05, 0) is 12.1 Å². The highest BCUT2D eigenvalue weighted by atomic mass is 16.3. The topological polar surface area (TPSA) is 87.4 Å². The van der Waals surface area contributed by atoms with Gasteiger partial charge in [0.1, 0.15) is 6.54 Å². The summed E-state index contributed by atoms with van der Waals surface area (Å²) in [4.78, 5) is 21.4. The van der Waals surface area contributed by atoms with Crippen molar-refractivity contribution in [2.75, 3.05) is 31.1 Å². The van der Waals surface area contributed by atoms with Gasteiger partial charge in [0, 0.05) is 44.3 Å². The molecule has 0 radical (unpaired) electrons. The quantitative estimate of drug-likeness (QED) is 0.813. The second kappa shape index (κ2) is 6.52. The number of carbonyl (C=O) groups is 1. The Bertz CT molecular complexity index is 603. The van der Waals surface area contributed by atoms with Crippen molar-refractivity contribution in [2.45, 2.75) is 12.6 Å². The monoisotopic (exact) mass is 302 g/mol. The standard InChI is InChI=1S/C14H18N6O2/c21-13-9-18(12-1-3-15-4-2-12)7-8-19(10-13)14(22)11-20-16-5-6-17-20/h1-6,13,21H,7-11H2/t13-/m1/s1. The Hall–Kier alpha value is -2.48. The molecule has 8 heteroatoms. The molecule has 3 heterocycles. The normalized spacial score (nSPS) is 19.0. The largest absolute Gasteiger partial charge is 0.389 e. The molecule has 0 aliphatic carbocycles. The van der Waals surface area contributed by atoms with Gasteiger partial charge in [-0.1, -0.05) is 0 Å². The highest BCUT2D eigenvalue weighted by Crippen LogP contribution is 2.15. The lowest BCUT2D eigenvalue weighted by molar-refractivity contribution is -0.133. The summed E-state index contributed by atoms with van der Waals surface area (Å²) < 4.78 is 0.